The number of nitrogens with zero attached hydrogens (tertiary/aromatic N) is 4. The van der Waals surface area contributed by atoms with Gasteiger partial charge in [0.15, 0.2) is 11.5 Å². The van der Waals surface area contributed by atoms with Crippen molar-refractivity contribution in [3.05, 3.63) is 25.3 Å². The van der Waals surface area contributed by atoms with Gasteiger partial charge in [-0.15, -0.1) is 6.58 Å². The molecule has 6 heteroatoms. The third-order valence-corrected chi connectivity index (χ3v) is 2.14. The van der Waals surface area contributed by atoms with Crippen LogP contribution in [0.3, 0.4) is 0 Å². The SMILES string of the molecule is C=CCOCCn1cnc2c(N)ncnc21. The third-order valence-electron chi connectivity index (χ3n) is 2.14. The van der Waals surface area contributed by atoms with Gasteiger partial charge in [0.25, 0.3) is 0 Å². The number of imidazole rings is 1. The van der Waals surface area contributed by atoms with E-state index in [1.807, 2.05) is 4.57 Å². The highest BCUT2D eigenvalue weighted by Crippen LogP contribution is 2.13. The monoisotopic (exact) mass is 219 g/mol. The summed E-state index contributed by atoms with van der Waals surface area (Å²) in [5.41, 5.74) is 7.04. The molecule has 2 rings (SSSR count). The molecule has 0 aromatic carbocycles. The van der Waals surface area contributed by atoms with E-state index in [1.54, 1.807) is 12.4 Å². The van der Waals surface area contributed by atoms with Crippen LogP contribution >= 0.6 is 0 Å². The van der Waals surface area contributed by atoms with E-state index in [4.69, 9.17) is 10.5 Å². The van der Waals surface area contributed by atoms with Crippen molar-refractivity contribution >= 4 is 17.0 Å². The lowest BCUT2D eigenvalue weighted by molar-refractivity contribution is 0.154. The standard InChI is InChI=1S/C10H13N5O/c1-2-4-16-5-3-15-7-14-8-9(11)12-6-13-10(8)15/h2,6-7H,1,3-5H2,(H2,11,12,13). The van der Waals surface area contributed by atoms with Gasteiger partial charge >= 0.3 is 0 Å². The minimum absolute atomic E-state index is 0.399. The molecule has 0 radical (unpaired) electrons. The smallest absolute Gasteiger partial charge is 0.165 e. The minimum atomic E-state index is 0.399. The number of rotatable bonds is 5. The van der Waals surface area contributed by atoms with Crippen LogP contribution in [0, 0.1) is 0 Å². The normalized spacial score (nSPS) is 10.8. The van der Waals surface area contributed by atoms with Crippen LogP contribution in [0.2, 0.25) is 0 Å². The lowest BCUT2D eigenvalue weighted by Crippen LogP contribution is -2.06. The van der Waals surface area contributed by atoms with Gasteiger partial charge in [-0.25, -0.2) is 15.0 Å². The molecule has 0 saturated heterocycles. The number of anilines is 1. The minimum Gasteiger partial charge on any atom is -0.382 e. The second-order valence-corrected chi connectivity index (χ2v) is 3.23. The molecule has 0 saturated carbocycles. The van der Waals surface area contributed by atoms with E-state index in [0.717, 1.165) is 5.65 Å². The van der Waals surface area contributed by atoms with Gasteiger partial charge in [0.05, 0.1) is 19.5 Å². The molecule has 0 spiro atoms. The molecule has 2 heterocycles. The predicted molar refractivity (Wildman–Crippen MR) is 60.8 cm³/mol. The highest BCUT2D eigenvalue weighted by atomic mass is 16.5. The maximum absolute atomic E-state index is 5.67. The van der Waals surface area contributed by atoms with Crippen LogP contribution in [-0.2, 0) is 11.3 Å². The molecule has 2 aromatic heterocycles. The van der Waals surface area contributed by atoms with Gasteiger partial charge in [-0.2, -0.15) is 0 Å². The Kier molecular flexibility index (Phi) is 3.11. The summed E-state index contributed by atoms with van der Waals surface area (Å²) in [5.74, 6) is 0.399. The van der Waals surface area contributed by atoms with Gasteiger partial charge < -0.3 is 15.0 Å². The summed E-state index contributed by atoms with van der Waals surface area (Å²) in [7, 11) is 0. The molecule has 0 unspecified atom stereocenters. The van der Waals surface area contributed by atoms with E-state index in [2.05, 4.69) is 21.5 Å². The number of ether oxygens (including phenoxy) is 1. The summed E-state index contributed by atoms with van der Waals surface area (Å²) in [6.45, 7) is 5.39. The Balaban J connectivity index is 2.13. The lowest BCUT2D eigenvalue weighted by atomic mass is 10.5. The molecule has 0 aliphatic carbocycles. The van der Waals surface area contributed by atoms with Gasteiger partial charge in [0.1, 0.15) is 11.8 Å². The zero-order valence-electron chi connectivity index (χ0n) is 8.83. The molecule has 16 heavy (non-hydrogen) atoms. The highest BCUT2D eigenvalue weighted by Gasteiger charge is 2.06. The largest absolute Gasteiger partial charge is 0.382 e. The van der Waals surface area contributed by atoms with Crippen molar-refractivity contribution in [3.8, 4) is 0 Å². The van der Waals surface area contributed by atoms with E-state index in [0.29, 0.717) is 31.1 Å². The maximum Gasteiger partial charge on any atom is 0.165 e. The molecule has 0 amide bonds. The molecule has 2 aromatic rings. The van der Waals surface area contributed by atoms with Crippen LogP contribution in [0.15, 0.2) is 25.3 Å². The second-order valence-electron chi connectivity index (χ2n) is 3.23. The quantitative estimate of drug-likeness (QED) is 0.588. The Morgan fingerprint density at radius 1 is 1.44 bits per heavy atom. The number of hydrogen-bond donors (Lipinski definition) is 1. The summed E-state index contributed by atoms with van der Waals surface area (Å²) < 4.78 is 7.18. The number of aromatic nitrogens is 4. The highest BCUT2D eigenvalue weighted by molar-refractivity contribution is 5.80. The number of nitrogen functional groups attached to an aromatic ring is 1. The second kappa shape index (κ2) is 4.71. The van der Waals surface area contributed by atoms with Crippen LogP contribution in [0.25, 0.3) is 11.2 Å². The summed E-state index contributed by atoms with van der Waals surface area (Å²) >= 11 is 0. The van der Waals surface area contributed by atoms with Crippen molar-refractivity contribution in [2.24, 2.45) is 0 Å². The van der Waals surface area contributed by atoms with E-state index < -0.39 is 0 Å². The van der Waals surface area contributed by atoms with Crippen molar-refractivity contribution in [1.29, 1.82) is 0 Å². The summed E-state index contributed by atoms with van der Waals surface area (Å²) in [6.07, 6.45) is 4.83. The molecule has 0 aliphatic rings. The van der Waals surface area contributed by atoms with Gasteiger partial charge in [0, 0.05) is 6.54 Å². The van der Waals surface area contributed by atoms with Crippen LogP contribution in [0.5, 0.6) is 0 Å². The first kappa shape index (κ1) is 10.6. The van der Waals surface area contributed by atoms with Crippen molar-refractivity contribution in [1.82, 2.24) is 19.5 Å². The number of hydrogen-bond acceptors (Lipinski definition) is 5. The molecule has 0 aliphatic heterocycles. The molecule has 6 nitrogen and oxygen atoms in total. The van der Waals surface area contributed by atoms with Gasteiger partial charge in [-0.3, -0.25) is 0 Å². The zero-order chi connectivity index (χ0) is 11.4. The molecular weight excluding hydrogens is 206 g/mol. The van der Waals surface area contributed by atoms with Crippen molar-refractivity contribution in [3.63, 3.8) is 0 Å². The van der Waals surface area contributed by atoms with E-state index >= 15 is 0 Å². The predicted octanol–water partition coefficient (Wildman–Crippen LogP) is 0.611. The molecular formula is C10H13N5O. The first-order valence-corrected chi connectivity index (χ1v) is 4.93. The number of nitrogens with two attached hydrogens (primary N) is 1. The molecule has 0 atom stereocenters. The topological polar surface area (TPSA) is 78.9 Å². The van der Waals surface area contributed by atoms with Crippen molar-refractivity contribution in [2.75, 3.05) is 18.9 Å². The summed E-state index contributed by atoms with van der Waals surface area (Å²) in [5, 5.41) is 0. The Bertz CT molecular complexity index is 493. The van der Waals surface area contributed by atoms with E-state index in [9.17, 15) is 0 Å². The summed E-state index contributed by atoms with van der Waals surface area (Å²) in [6, 6.07) is 0. The first-order chi connectivity index (χ1) is 7.83. The van der Waals surface area contributed by atoms with Crippen molar-refractivity contribution in [2.45, 2.75) is 6.54 Å². The van der Waals surface area contributed by atoms with Crippen LogP contribution in [0.1, 0.15) is 0 Å². The molecule has 84 valence electrons. The molecule has 0 bridgehead atoms. The first-order valence-electron chi connectivity index (χ1n) is 4.93. The van der Waals surface area contributed by atoms with Crippen LogP contribution in [-0.4, -0.2) is 32.7 Å². The Morgan fingerprint density at radius 2 is 2.31 bits per heavy atom. The van der Waals surface area contributed by atoms with E-state index in [-0.39, 0.29) is 0 Å². The number of fused-ring (bicyclic) bond motifs is 1. The average molecular weight is 219 g/mol. The maximum atomic E-state index is 5.67. The van der Waals surface area contributed by atoms with Gasteiger partial charge in [-0.05, 0) is 0 Å². The summed E-state index contributed by atoms with van der Waals surface area (Å²) in [4.78, 5) is 12.2. The molecule has 0 fully saturated rings. The lowest BCUT2D eigenvalue weighted by Gasteiger charge is -2.03. The third kappa shape index (κ3) is 2.01. The van der Waals surface area contributed by atoms with Gasteiger partial charge in [0.2, 0.25) is 0 Å². The Morgan fingerprint density at radius 3 is 3.12 bits per heavy atom. The molecule has 2 N–H and O–H groups in total. The fourth-order valence-electron chi connectivity index (χ4n) is 1.39. The zero-order valence-corrected chi connectivity index (χ0v) is 8.83. The van der Waals surface area contributed by atoms with E-state index in [1.165, 1.54) is 6.33 Å². The van der Waals surface area contributed by atoms with Crippen LogP contribution < -0.4 is 5.73 Å². The van der Waals surface area contributed by atoms with Gasteiger partial charge in [-0.1, -0.05) is 6.08 Å². The average Bonchev–Trinajstić information content (AvgIpc) is 2.70. The Labute approximate surface area is 92.8 Å². The fourth-order valence-corrected chi connectivity index (χ4v) is 1.39. The van der Waals surface area contributed by atoms with Crippen LogP contribution in [0.4, 0.5) is 5.82 Å². The fraction of sp³-hybridized carbons (Fsp3) is 0.300. The Hall–Kier alpha value is -1.95. The van der Waals surface area contributed by atoms with Crippen molar-refractivity contribution < 1.29 is 4.74 Å².